The van der Waals surface area contributed by atoms with Crippen LogP contribution in [0.4, 0.5) is 26.3 Å². The summed E-state index contributed by atoms with van der Waals surface area (Å²) in [7, 11) is 0. The average Bonchev–Trinajstić information content (AvgIpc) is 2.51. The minimum Gasteiger partial charge on any atom is -0.374 e. The first-order chi connectivity index (χ1) is 11.7. The van der Waals surface area contributed by atoms with Crippen molar-refractivity contribution in [3.8, 4) is 0 Å². The summed E-state index contributed by atoms with van der Waals surface area (Å²) in [5, 5.41) is 0. The number of hydrogen-bond acceptors (Lipinski definition) is 4. The lowest BCUT2D eigenvalue weighted by Crippen LogP contribution is -2.32. The maximum atomic E-state index is 12.1. The molecule has 1 rings (SSSR count). The number of benzene rings is 1. The third-order valence-corrected chi connectivity index (χ3v) is 2.60. The molecule has 0 aromatic heterocycles. The van der Waals surface area contributed by atoms with Crippen molar-refractivity contribution in [2.75, 3.05) is 33.0 Å². The smallest absolute Gasteiger partial charge is 0.374 e. The molecule has 4 nitrogen and oxygen atoms in total. The van der Waals surface area contributed by atoms with Crippen molar-refractivity contribution in [1.29, 1.82) is 0 Å². The zero-order chi connectivity index (χ0) is 18.8. The lowest BCUT2D eigenvalue weighted by atomic mass is 10.2. The van der Waals surface area contributed by atoms with E-state index in [2.05, 4.69) is 9.47 Å². The molecule has 0 atom stereocenters. The average molecular weight is 376 g/mol. The Morgan fingerprint density at radius 1 is 0.760 bits per heavy atom. The van der Waals surface area contributed by atoms with Gasteiger partial charge in [-0.15, -0.1) is 0 Å². The van der Waals surface area contributed by atoms with Crippen LogP contribution in [0.25, 0.3) is 0 Å². The molecular weight excluding hydrogens is 358 g/mol. The topological polar surface area (TPSA) is 36.9 Å². The minimum atomic E-state index is -4.68. The summed E-state index contributed by atoms with van der Waals surface area (Å²) in [5.41, 5.74) is 0.919. The summed E-state index contributed by atoms with van der Waals surface area (Å²) in [6.45, 7) is -3.66. The summed E-state index contributed by atoms with van der Waals surface area (Å²) >= 11 is 0. The molecule has 0 saturated heterocycles. The Kier molecular flexibility index (Phi) is 9.19. The highest BCUT2D eigenvalue weighted by atomic mass is 19.4. The van der Waals surface area contributed by atoms with Gasteiger partial charge in [-0.05, 0) is 5.56 Å². The second-order valence-electron chi connectivity index (χ2n) is 4.90. The van der Waals surface area contributed by atoms with Crippen molar-refractivity contribution in [1.82, 2.24) is 0 Å². The molecule has 0 spiro atoms. The van der Waals surface area contributed by atoms with Crippen molar-refractivity contribution in [3.05, 3.63) is 35.9 Å². The summed E-state index contributed by atoms with van der Waals surface area (Å²) in [5.74, 6) is 0. The molecule has 0 fully saturated rings. The molecule has 0 aliphatic rings. The van der Waals surface area contributed by atoms with E-state index in [1.165, 1.54) is 0 Å². The first-order valence-electron chi connectivity index (χ1n) is 7.22. The van der Waals surface area contributed by atoms with Crippen molar-refractivity contribution in [3.63, 3.8) is 0 Å². The van der Waals surface area contributed by atoms with Gasteiger partial charge in [-0.1, -0.05) is 30.3 Å². The Hall–Kier alpha value is -1.36. The molecule has 0 aliphatic carbocycles. The molecule has 0 aliphatic heterocycles. The van der Waals surface area contributed by atoms with E-state index in [4.69, 9.17) is 9.47 Å². The molecule has 10 heteroatoms. The fraction of sp³-hybridized carbons (Fsp3) is 0.600. The molecule has 0 unspecified atom stereocenters. The molecule has 1 aromatic carbocycles. The van der Waals surface area contributed by atoms with Crippen LogP contribution in [0.3, 0.4) is 0 Å². The fourth-order valence-corrected chi connectivity index (χ4v) is 1.58. The summed E-state index contributed by atoms with van der Waals surface area (Å²) in [4.78, 5) is 0. The first-order valence-corrected chi connectivity index (χ1v) is 7.22. The van der Waals surface area contributed by atoms with Crippen molar-refractivity contribution >= 4 is 0 Å². The van der Waals surface area contributed by atoms with Gasteiger partial charge in [0, 0.05) is 0 Å². The lowest BCUT2D eigenvalue weighted by Gasteiger charge is -2.20. The molecule has 0 radical (unpaired) electrons. The van der Waals surface area contributed by atoms with Crippen molar-refractivity contribution in [2.45, 2.75) is 25.2 Å². The van der Waals surface area contributed by atoms with E-state index in [0.717, 1.165) is 5.56 Å². The van der Waals surface area contributed by atoms with E-state index < -0.39 is 38.5 Å². The molecule has 25 heavy (non-hydrogen) atoms. The molecule has 0 bridgehead atoms. The van der Waals surface area contributed by atoms with Gasteiger partial charge in [-0.25, -0.2) is 0 Å². The van der Waals surface area contributed by atoms with Crippen LogP contribution in [-0.2, 0) is 25.6 Å². The van der Waals surface area contributed by atoms with Crippen molar-refractivity contribution in [2.24, 2.45) is 0 Å². The SMILES string of the molecule is FC(F)(F)COC(COCCOCc1ccccc1)OCC(F)(F)F. The van der Waals surface area contributed by atoms with Crippen LogP contribution in [0.2, 0.25) is 0 Å². The van der Waals surface area contributed by atoms with Crippen LogP contribution < -0.4 is 0 Å². The van der Waals surface area contributed by atoms with Crippen LogP contribution in [0.15, 0.2) is 30.3 Å². The summed E-state index contributed by atoms with van der Waals surface area (Å²) in [6.07, 6.45) is -11.1. The molecule has 0 amide bonds. The highest BCUT2D eigenvalue weighted by Crippen LogP contribution is 2.19. The van der Waals surface area contributed by atoms with E-state index in [0.29, 0.717) is 6.61 Å². The first kappa shape index (κ1) is 21.7. The van der Waals surface area contributed by atoms with Gasteiger partial charge < -0.3 is 18.9 Å². The number of ether oxygens (including phenoxy) is 4. The maximum Gasteiger partial charge on any atom is 0.411 e. The molecule has 0 heterocycles. The zero-order valence-electron chi connectivity index (χ0n) is 13.1. The number of alkyl halides is 6. The standard InChI is InChI=1S/C15H18F6O4/c16-14(17,18)10-24-13(25-11-15(19,20)21)9-23-7-6-22-8-12-4-2-1-3-5-12/h1-5,13H,6-11H2. The van der Waals surface area contributed by atoms with Gasteiger partial charge in [0.15, 0.2) is 6.29 Å². The van der Waals surface area contributed by atoms with Gasteiger partial charge in [0.2, 0.25) is 0 Å². The number of hydrogen-bond donors (Lipinski definition) is 0. The van der Waals surface area contributed by atoms with E-state index in [-0.39, 0.29) is 13.2 Å². The minimum absolute atomic E-state index is 0.0336. The van der Waals surface area contributed by atoms with E-state index in [1.54, 1.807) is 0 Å². The third-order valence-electron chi connectivity index (χ3n) is 2.60. The molecule has 1 aromatic rings. The van der Waals surface area contributed by atoms with Crippen LogP contribution in [0.1, 0.15) is 5.56 Å². The summed E-state index contributed by atoms with van der Waals surface area (Å²) < 4.78 is 91.2. The second-order valence-corrected chi connectivity index (χ2v) is 4.90. The largest absolute Gasteiger partial charge is 0.411 e. The van der Waals surface area contributed by atoms with Gasteiger partial charge in [-0.2, -0.15) is 26.3 Å². The van der Waals surface area contributed by atoms with Crippen LogP contribution >= 0.6 is 0 Å². The van der Waals surface area contributed by atoms with Gasteiger partial charge in [0.25, 0.3) is 0 Å². The Morgan fingerprint density at radius 3 is 1.80 bits per heavy atom. The summed E-state index contributed by atoms with van der Waals surface area (Å²) in [6, 6.07) is 9.18. The number of halogens is 6. The normalized spacial score (nSPS) is 12.8. The lowest BCUT2D eigenvalue weighted by molar-refractivity contribution is -0.268. The van der Waals surface area contributed by atoms with Gasteiger partial charge in [-0.3, -0.25) is 0 Å². The Balaban J connectivity index is 2.23. The van der Waals surface area contributed by atoms with E-state index in [9.17, 15) is 26.3 Å². The predicted octanol–water partition coefficient (Wildman–Crippen LogP) is 3.70. The van der Waals surface area contributed by atoms with Crippen LogP contribution in [-0.4, -0.2) is 51.7 Å². The third kappa shape index (κ3) is 12.6. The Bertz CT molecular complexity index is 445. The molecule has 144 valence electrons. The highest BCUT2D eigenvalue weighted by molar-refractivity contribution is 5.13. The highest BCUT2D eigenvalue weighted by Gasteiger charge is 2.32. The van der Waals surface area contributed by atoms with Gasteiger partial charge >= 0.3 is 12.4 Å². The van der Waals surface area contributed by atoms with Gasteiger partial charge in [0.1, 0.15) is 13.2 Å². The van der Waals surface area contributed by atoms with E-state index in [1.807, 2.05) is 30.3 Å². The second kappa shape index (κ2) is 10.6. The molecule has 0 N–H and O–H groups in total. The van der Waals surface area contributed by atoms with Crippen LogP contribution in [0, 0.1) is 0 Å². The van der Waals surface area contributed by atoms with Gasteiger partial charge in [0.05, 0.1) is 26.4 Å². The quantitative estimate of drug-likeness (QED) is 0.335. The predicted molar refractivity (Wildman–Crippen MR) is 74.7 cm³/mol. The van der Waals surface area contributed by atoms with Crippen molar-refractivity contribution < 1.29 is 45.3 Å². The zero-order valence-corrected chi connectivity index (χ0v) is 13.1. The maximum absolute atomic E-state index is 12.1. The monoisotopic (exact) mass is 376 g/mol. The van der Waals surface area contributed by atoms with E-state index >= 15 is 0 Å². The fourth-order valence-electron chi connectivity index (χ4n) is 1.58. The van der Waals surface area contributed by atoms with Crippen LogP contribution in [0.5, 0.6) is 0 Å². The number of rotatable bonds is 11. The Labute approximate surface area is 140 Å². The Morgan fingerprint density at radius 2 is 1.28 bits per heavy atom. The molecule has 0 saturated carbocycles. The molecular formula is C15H18F6O4.